The molecular formula is C20H17N3O2. The molecule has 2 aromatic carbocycles. The van der Waals surface area contributed by atoms with Crippen molar-refractivity contribution in [1.29, 1.82) is 0 Å². The molecule has 0 radical (unpaired) electrons. The van der Waals surface area contributed by atoms with Gasteiger partial charge in [0, 0.05) is 11.9 Å². The number of fused-ring (bicyclic) bond motifs is 1. The number of carbonyl (C=O) groups is 1. The number of pyridine rings is 1. The quantitative estimate of drug-likeness (QED) is 0.757. The molecule has 4 rings (SSSR count). The van der Waals surface area contributed by atoms with Crippen LogP contribution in [-0.2, 0) is 4.79 Å². The molecule has 0 saturated carbocycles. The molecule has 124 valence electrons. The second kappa shape index (κ2) is 6.28. The zero-order valence-corrected chi connectivity index (χ0v) is 13.7. The summed E-state index contributed by atoms with van der Waals surface area (Å²) < 4.78 is 5.40. The average Bonchev–Trinajstić information content (AvgIpc) is 2.63. The number of amides is 1. The van der Waals surface area contributed by atoms with Gasteiger partial charge in [0.25, 0.3) is 5.91 Å². The number of hydrogen-bond acceptors (Lipinski definition) is 4. The summed E-state index contributed by atoms with van der Waals surface area (Å²) >= 11 is 0. The molecule has 3 aromatic rings. The maximum atomic E-state index is 11.5. The Morgan fingerprint density at radius 1 is 1.04 bits per heavy atom. The number of hydrogen-bond donors (Lipinski definition) is 2. The highest BCUT2D eigenvalue weighted by Gasteiger charge is 2.16. The van der Waals surface area contributed by atoms with E-state index in [2.05, 4.69) is 34.7 Å². The van der Waals surface area contributed by atoms with Crippen molar-refractivity contribution >= 4 is 23.1 Å². The van der Waals surface area contributed by atoms with E-state index in [4.69, 9.17) is 4.74 Å². The van der Waals surface area contributed by atoms with Gasteiger partial charge in [-0.1, -0.05) is 23.8 Å². The van der Waals surface area contributed by atoms with Gasteiger partial charge in [-0.3, -0.25) is 4.79 Å². The molecule has 1 aliphatic heterocycles. The fourth-order valence-electron chi connectivity index (χ4n) is 2.73. The zero-order valence-electron chi connectivity index (χ0n) is 13.7. The predicted molar refractivity (Wildman–Crippen MR) is 98.3 cm³/mol. The molecule has 5 heteroatoms. The molecule has 0 aliphatic carbocycles. The van der Waals surface area contributed by atoms with Gasteiger partial charge in [-0.15, -0.1) is 0 Å². The SMILES string of the molecule is Cc1ccc(Nc2cc(-c3ccc4c(c3)NC(=O)CO4)ccn2)cc1. The van der Waals surface area contributed by atoms with Crippen molar-refractivity contribution in [1.82, 2.24) is 4.98 Å². The number of anilines is 3. The number of nitrogens with zero attached hydrogens (tertiary/aromatic N) is 1. The fourth-order valence-corrected chi connectivity index (χ4v) is 2.73. The molecule has 0 unspecified atom stereocenters. The highest BCUT2D eigenvalue weighted by molar-refractivity contribution is 5.96. The van der Waals surface area contributed by atoms with Crippen molar-refractivity contribution in [2.75, 3.05) is 17.2 Å². The van der Waals surface area contributed by atoms with Gasteiger partial charge in [-0.2, -0.15) is 0 Å². The van der Waals surface area contributed by atoms with E-state index < -0.39 is 0 Å². The van der Waals surface area contributed by atoms with Gasteiger partial charge in [0.05, 0.1) is 5.69 Å². The van der Waals surface area contributed by atoms with Gasteiger partial charge < -0.3 is 15.4 Å². The molecule has 2 N–H and O–H groups in total. The Labute approximate surface area is 145 Å². The average molecular weight is 331 g/mol. The van der Waals surface area contributed by atoms with Crippen LogP contribution in [0.4, 0.5) is 17.2 Å². The lowest BCUT2D eigenvalue weighted by Crippen LogP contribution is -2.25. The minimum absolute atomic E-state index is 0.0617. The summed E-state index contributed by atoms with van der Waals surface area (Å²) in [6, 6.07) is 17.8. The second-order valence-corrected chi connectivity index (χ2v) is 5.97. The van der Waals surface area contributed by atoms with Crippen molar-refractivity contribution in [3.8, 4) is 16.9 Å². The summed E-state index contributed by atoms with van der Waals surface area (Å²) in [5.41, 5.74) is 4.89. The van der Waals surface area contributed by atoms with E-state index >= 15 is 0 Å². The highest BCUT2D eigenvalue weighted by Crippen LogP contribution is 2.33. The Morgan fingerprint density at radius 2 is 1.84 bits per heavy atom. The van der Waals surface area contributed by atoms with Crippen LogP contribution in [0.5, 0.6) is 5.75 Å². The van der Waals surface area contributed by atoms with Crippen LogP contribution in [0.3, 0.4) is 0 Å². The zero-order chi connectivity index (χ0) is 17.2. The van der Waals surface area contributed by atoms with E-state index in [1.807, 2.05) is 42.5 Å². The summed E-state index contributed by atoms with van der Waals surface area (Å²) in [5.74, 6) is 1.32. The number of ether oxygens (including phenoxy) is 1. The Bertz CT molecular complexity index is 936. The number of aryl methyl sites for hydroxylation is 1. The van der Waals surface area contributed by atoms with Crippen molar-refractivity contribution in [2.45, 2.75) is 6.92 Å². The summed E-state index contributed by atoms with van der Waals surface area (Å²) in [6.45, 7) is 2.12. The maximum Gasteiger partial charge on any atom is 0.262 e. The molecule has 0 atom stereocenters. The minimum atomic E-state index is -0.138. The standard InChI is InChI=1S/C20H17N3O2/c1-13-2-5-16(6-3-13)22-19-11-15(8-9-21-19)14-4-7-18-17(10-14)23-20(24)12-25-18/h2-11H,12H2,1H3,(H,21,22)(H,23,24). The molecule has 5 nitrogen and oxygen atoms in total. The molecule has 2 heterocycles. The van der Waals surface area contributed by atoms with E-state index in [1.165, 1.54) is 5.56 Å². The van der Waals surface area contributed by atoms with E-state index in [0.29, 0.717) is 11.4 Å². The van der Waals surface area contributed by atoms with Crippen LogP contribution in [0.2, 0.25) is 0 Å². The van der Waals surface area contributed by atoms with Crippen LogP contribution in [0, 0.1) is 6.92 Å². The van der Waals surface area contributed by atoms with Gasteiger partial charge in [-0.25, -0.2) is 4.98 Å². The van der Waals surface area contributed by atoms with Crippen molar-refractivity contribution in [3.63, 3.8) is 0 Å². The van der Waals surface area contributed by atoms with Gasteiger partial charge in [-0.05, 0) is 54.4 Å². The van der Waals surface area contributed by atoms with Crippen LogP contribution in [-0.4, -0.2) is 17.5 Å². The second-order valence-electron chi connectivity index (χ2n) is 5.97. The lowest BCUT2D eigenvalue weighted by atomic mass is 10.1. The van der Waals surface area contributed by atoms with Gasteiger partial charge in [0.15, 0.2) is 6.61 Å². The number of benzene rings is 2. The third-order valence-electron chi connectivity index (χ3n) is 4.03. The number of carbonyl (C=O) groups excluding carboxylic acids is 1. The van der Waals surface area contributed by atoms with E-state index in [0.717, 1.165) is 22.6 Å². The lowest BCUT2D eigenvalue weighted by molar-refractivity contribution is -0.118. The summed E-state index contributed by atoms with van der Waals surface area (Å²) in [4.78, 5) is 15.9. The Balaban J connectivity index is 1.62. The van der Waals surface area contributed by atoms with Crippen LogP contribution >= 0.6 is 0 Å². The topological polar surface area (TPSA) is 63.2 Å². The maximum absolute atomic E-state index is 11.5. The summed E-state index contributed by atoms with van der Waals surface area (Å²) in [5, 5.41) is 6.14. The molecular weight excluding hydrogens is 314 g/mol. The van der Waals surface area contributed by atoms with E-state index in [1.54, 1.807) is 6.20 Å². The Hall–Kier alpha value is -3.34. The molecule has 1 aromatic heterocycles. The predicted octanol–water partition coefficient (Wildman–Crippen LogP) is 4.13. The monoisotopic (exact) mass is 331 g/mol. The largest absolute Gasteiger partial charge is 0.482 e. The van der Waals surface area contributed by atoms with Gasteiger partial charge >= 0.3 is 0 Å². The molecule has 25 heavy (non-hydrogen) atoms. The Kier molecular flexibility index (Phi) is 3.82. The van der Waals surface area contributed by atoms with Crippen LogP contribution < -0.4 is 15.4 Å². The van der Waals surface area contributed by atoms with Crippen molar-refractivity contribution in [2.24, 2.45) is 0 Å². The first-order chi connectivity index (χ1) is 12.2. The van der Waals surface area contributed by atoms with Crippen molar-refractivity contribution in [3.05, 3.63) is 66.4 Å². The number of rotatable bonds is 3. The van der Waals surface area contributed by atoms with Gasteiger partial charge in [0.2, 0.25) is 0 Å². The number of aromatic nitrogens is 1. The van der Waals surface area contributed by atoms with Crippen molar-refractivity contribution < 1.29 is 9.53 Å². The molecule has 0 spiro atoms. The molecule has 0 saturated heterocycles. The first-order valence-corrected chi connectivity index (χ1v) is 8.04. The first kappa shape index (κ1) is 15.2. The fraction of sp³-hybridized carbons (Fsp3) is 0.100. The van der Waals surface area contributed by atoms with Crippen LogP contribution in [0.25, 0.3) is 11.1 Å². The lowest BCUT2D eigenvalue weighted by Gasteiger charge is -2.18. The molecule has 0 bridgehead atoms. The molecule has 0 fully saturated rings. The first-order valence-electron chi connectivity index (χ1n) is 8.04. The third kappa shape index (κ3) is 3.30. The van der Waals surface area contributed by atoms with Crippen LogP contribution in [0.15, 0.2) is 60.8 Å². The Morgan fingerprint density at radius 3 is 2.68 bits per heavy atom. The minimum Gasteiger partial charge on any atom is -0.482 e. The molecule has 1 aliphatic rings. The highest BCUT2D eigenvalue weighted by atomic mass is 16.5. The summed E-state index contributed by atoms with van der Waals surface area (Å²) in [7, 11) is 0. The third-order valence-corrected chi connectivity index (χ3v) is 4.03. The smallest absolute Gasteiger partial charge is 0.262 e. The summed E-state index contributed by atoms with van der Waals surface area (Å²) in [6.07, 6.45) is 1.76. The van der Waals surface area contributed by atoms with Crippen LogP contribution in [0.1, 0.15) is 5.56 Å². The number of nitrogens with one attached hydrogen (secondary N) is 2. The molecule has 1 amide bonds. The van der Waals surface area contributed by atoms with E-state index in [9.17, 15) is 4.79 Å². The van der Waals surface area contributed by atoms with Gasteiger partial charge in [0.1, 0.15) is 11.6 Å². The normalized spacial score (nSPS) is 12.8. The van der Waals surface area contributed by atoms with E-state index in [-0.39, 0.29) is 12.5 Å².